The highest BCUT2D eigenvalue weighted by Crippen LogP contribution is 2.18. The van der Waals surface area contributed by atoms with Gasteiger partial charge in [-0.15, -0.1) is 0 Å². The van der Waals surface area contributed by atoms with Crippen LogP contribution in [0.25, 0.3) is 0 Å². The van der Waals surface area contributed by atoms with Crippen molar-refractivity contribution in [2.45, 2.75) is 360 Å². The van der Waals surface area contributed by atoms with Gasteiger partial charge in [-0.25, -0.2) is 0 Å². The summed E-state index contributed by atoms with van der Waals surface area (Å²) in [6.45, 7) is 4.08. The van der Waals surface area contributed by atoms with E-state index in [1.54, 1.807) is 0 Å². The Morgan fingerprint density at radius 3 is 0.844 bits per heavy atom. The van der Waals surface area contributed by atoms with Gasteiger partial charge < -0.3 is 14.6 Å². The smallest absolute Gasteiger partial charge is 0.306 e. The average molecular weight is 1080 g/mol. The normalized spacial score (nSPS) is 12.6. The van der Waals surface area contributed by atoms with E-state index in [4.69, 9.17) is 9.47 Å². The lowest BCUT2D eigenvalue weighted by molar-refractivity contribution is -0.161. The Balaban J connectivity index is 3.43. The topological polar surface area (TPSA) is 72.8 Å². The zero-order chi connectivity index (χ0) is 55.5. The molecule has 0 rings (SSSR count). The fourth-order valence-electron chi connectivity index (χ4n) is 10.2. The molecule has 0 aromatic rings. The molecule has 0 aliphatic rings. The van der Waals surface area contributed by atoms with Crippen molar-refractivity contribution in [3.05, 3.63) is 72.9 Å². The van der Waals surface area contributed by atoms with Crippen molar-refractivity contribution in [2.24, 2.45) is 0 Å². The molecule has 77 heavy (non-hydrogen) atoms. The van der Waals surface area contributed by atoms with Gasteiger partial charge in [-0.3, -0.25) is 9.59 Å². The first-order chi connectivity index (χ1) is 38.1. The van der Waals surface area contributed by atoms with Crippen LogP contribution in [0, 0.1) is 0 Å². The van der Waals surface area contributed by atoms with Crippen LogP contribution in [0.1, 0.15) is 354 Å². The molecule has 1 atom stereocenters. The van der Waals surface area contributed by atoms with Crippen LogP contribution in [0.4, 0.5) is 0 Å². The first kappa shape index (κ1) is 74.3. The minimum atomic E-state index is -0.774. The maximum Gasteiger partial charge on any atom is 0.306 e. The number of carbonyl (C=O) groups is 2. The van der Waals surface area contributed by atoms with Gasteiger partial charge in [0, 0.05) is 12.8 Å². The lowest BCUT2D eigenvalue weighted by Crippen LogP contribution is -2.28. The van der Waals surface area contributed by atoms with Crippen LogP contribution in [0.3, 0.4) is 0 Å². The summed E-state index contributed by atoms with van der Waals surface area (Å²) in [6, 6.07) is 0. The molecule has 1 N–H and O–H groups in total. The molecule has 0 saturated carbocycles. The highest BCUT2D eigenvalue weighted by molar-refractivity contribution is 5.70. The molecule has 1 unspecified atom stereocenters. The van der Waals surface area contributed by atoms with Crippen LogP contribution >= 0.6 is 0 Å². The first-order valence-electron chi connectivity index (χ1n) is 34.0. The van der Waals surface area contributed by atoms with Crippen molar-refractivity contribution in [2.75, 3.05) is 13.2 Å². The zero-order valence-corrected chi connectivity index (χ0v) is 51.5. The minimum absolute atomic E-state index is 0.0631. The summed E-state index contributed by atoms with van der Waals surface area (Å²) in [5.41, 5.74) is 0. The van der Waals surface area contributed by atoms with E-state index in [0.717, 1.165) is 77.0 Å². The highest BCUT2D eigenvalue weighted by Gasteiger charge is 2.16. The largest absolute Gasteiger partial charge is 0.462 e. The Bertz CT molecular complexity index is 1360. The van der Waals surface area contributed by atoms with E-state index in [1.165, 1.54) is 250 Å². The summed E-state index contributed by atoms with van der Waals surface area (Å²) >= 11 is 0. The van der Waals surface area contributed by atoms with E-state index < -0.39 is 6.10 Å². The van der Waals surface area contributed by atoms with Gasteiger partial charge in [0.2, 0.25) is 0 Å². The number of rotatable bonds is 63. The van der Waals surface area contributed by atoms with Crippen LogP contribution < -0.4 is 0 Å². The second-order valence-corrected chi connectivity index (χ2v) is 22.9. The number of carbonyl (C=O) groups excluding carboxylic acids is 2. The van der Waals surface area contributed by atoms with Gasteiger partial charge in [-0.2, -0.15) is 0 Å². The monoisotopic (exact) mass is 1070 g/mol. The average Bonchev–Trinajstić information content (AvgIpc) is 3.43. The highest BCUT2D eigenvalue weighted by atomic mass is 16.6. The molecular formula is C72H130O5. The quantitative estimate of drug-likeness (QED) is 0.0373. The third-order valence-corrected chi connectivity index (χ3v) is 15.3. The number of esters is 2. The van der Waals surface area contributed by atoms with Gasteiger partial charge in [0.1, 0.15) is 6.61 Å². The summed E-state index contributed by atoms with van der Waals surface area (Å²) in [4.78, 5) is 24.6. The molecule has 5 nitrogen and oxygen atoms in total. The fourth-order valence-corrected chi connectivity index (χ4v) is 10.2. The molecular weight excluding hydrogens is 945 g/mol. The van der Waals surface area contributed by atoms with E-state index in [0.29, 0.717) is 12.8 Å². The molecule has 0 spiro atoms. The maximum absolute atomic E-state index is 12.4. The summed E-state index contributed by atoms with van der Waals surface area (Å²) in [5, 5.41) is 9.70. The number of aliphatic hydroxyl groups is 1. The van der Waals surface area contributed by atoms with Gasteiger partial charge in [0.05, 0.1) is 6.61 Å². The SMILES string of the molecule is CC/C=C\C/C=C\C/C=C\C/C=C\C/C=C\C/C=C\CCCCCCCCCCCCCCCCC(=O)OC(CO)COC(=O)CCCCCCCCCCCCCCCCCCCCCCCCCCCCCCCC. The summed E-state index contributed by atoms with van der Waals surface area (Å²) in [5.74, 6) is -0.574. The molecule has 5 heteroatoms. The zero-order valence-electron chi connectivity index (χ0n) is 51.5. The van der Waals surface area contributed by atoms with E-state index >= 15 is 0 Å². The Hall–Kier alpha value is -2.66. The van der Waals surface area contributed by atoms with Crippen LogP contribution in [-0.4, -0.2) is 36.4 Å². The first-order valence-corrected chi connectivity index (χ1v) is 34.0. The Morgan fingerprint density at radius 1 is 0.312 bits per heavy atom. The van der Waals surface area contributed by atoms with Crippen molar-refractivity contribution in [1.29, 1.82) is 0 Å². The van der Waals surface area contributed by atoms with Crippen LogP contribution in [0.2, 0.25) is 0 Å². The second-order valence-electron chi connectivity index (χ2n) is 22.9. The molecule has 0 aliphatic carbocycles. The van der Waals surface area contributed by atoms with Gasteiger partial charge in [0.25, 0.3) is 0 Å². The van der Waals surface area contributed by atoms with Gasteiger partial charge >= 0.3 is 11.9 Å². The summed E-state index contributed by atoms with van der Waals surface area (Å²) in [6.07, 6.45) is 93.6. The number of aliphatic hydroxyl groups excluding tert-OH is 1. The van der Waals surface area contributed by atoms with Crippen molar-refractivity contribution in [3.8, 4) is 0 Å². The van der Waals surface area contributed by atoms with Crippen LogP contribution in [-0.2, 0) is 19.1 Å². The molecule has 0 amide bonds. The predicted octanol–water partition coefficient (Wildman–Crippen LogP) is 23.5. The predicted molar refractivity (Wildman–Crippen MR) is 339 cm³/mol. The van der Waals surface area contributed by atoms with E-state index in [9.17, 15) is 14.7 Å². The second kappa shape index (κ2) is 67.6. The third kappa shape index (κ3) is 65.8. The number of unbranched alkanes of at least 4 members (excludes halogenated alkanes) is 43. The van der Waals surface area contributed by atoms with Gasteiger partial charge in [-0.05, 0) is 64.2 Å². The maximum atomic E-state index is 12.4. The van der Waals surface area contributed by atoms with E-state index in [-0.39, 0.29) is 25.2 Å². The van der Waals surface area contributed by atoms with Crippen molar-refractivity contribution in [1.82, 2.24) is 0 Å². The molecule has 0 fully saturated rings. The molecule has 0 aromatic carbocycles. The van der Waals surface area contributed by atoms with E-state index in [1.807, 2.05) is 0 Å². The van der Waals surface area contributed by atoms with E-state index in [2.05, 4.69) is 86.8 Å². The Kier molecular flexibility index (Phi) is 65.3. The summed E-state index contributed by atoms with van der Waals surface area (Å²) in [7, 11) is 0. The van der Waals surface area contributed by atoms with Crippen LogP contribution in [0.5, 0.6) is 0 Å². The van der Waals surface area contributed by atoms with Crippen molar-refractivity contribution in [3.63, 3.8) is 0 Å². The van der Waals surface area contributed by atoms with Crippen molar-refractivity contribution >= 4 is 11.9 Å². The minimum Gasteiger partial charge on any atom is -0.462 e. The Morgan fingerprint density at radius 2 is 0.558 bits per heavy atom. The third-order valence-electron chi connectivity index (χ3n) is 15.3. The molecule has 0 radical (unpaired) electrons. The number of hydrogen-bond donors (Lipinski definition) is 1. The lowest BCUT2D eigenvalue weighted by Gasteiger charge is -2.15. The molecule has 0 saturated heterocycles. The number of ether oxygens (including phenoxy) is 2. The standard InChI is InChI=1S/C72H130O5/c1-3-5-7-9-11-13-15-17-19-21-23-25-27-29-31-33-35-36-37-39-41-43-45-47-49-51-53-55-57-59-61-63-65-67-72(75)77-70(68-73)69-76-71(74)66-64-62-60-58-56-54-52-50-48-46-44-42-40-38-34-32-30-28-26-24-22-20-18-16-14-12-10-8-6-4-2/h5,7,11,13,17,19,23,25,29,31,35-36,70,73H,3-4,6,8-10,12,14-16,18,20-22,24,26-28,30,32-34,37-69H2,1-2H3/b7-5-,13-11-,19-17-,25-23-,31-29-,36-35-. The molecule has 0 aromatic heterocycles. The molecule has 0 heterocycles. The molecule has 0 aliphatic heterocycles. The Labute approximate surface area is 480 Å². The summed E-state index contributed by atoms with van der Waals surface area (Å²) < 4.78 is 10.8. The van der Waals surface area contributed by atoms with Crippen molar-refractivity contribution < 1.29 is 24.2 Å². The number of hydrogen-bond acceptors (Lipinski definition) is 5. The molecule has 0 bridgehead atoms. The fraction of sp³-hybridized carbons (Fsp3) is 0.806. The number of allylic oxidation sites excluding steroid dienone is 12. The molecule has 448 valence electrons. The van der Waals surface area contributed by atoms with Gasteiger partial charge in [0.15, 0.2) is 6.10 Å². The lowest BCUT2D eigenvalue weighted by atomic mass is 10.0. The van der Waals surface area contributed by atoms with Crippen LogP contribution in [0.15, 0.2) is 72.9 Å². The van der Waals surface area contributed by atoms with Gasteiger partial charge in [-0.1, -0.05) is 350 Å².